The SMILES string of the molecule is COc1cccc(OC)c1C(=O)N1CCCN(C(=O)c2ccc(Cl)cc2)CC1. The van der Waals surface area contributed by atoms with Crippen LogP contribution in [0.25, 0.3) is 0 Å². The molecule has 1 saturated heterocycles. The molecule has 0 unspecified atom stereocenters. The van der Waals surface area contributed by atoms with Gasteiger partial charge in [-0.25, -0.2) is 0 Å². The van der Waals surface area contributed by atoms with Crippen molar-refractivity contribution in [2.45, 2.75) is 6.42 Å². The number of benzene rings is 2. The van der Waals surface area contributed by atoms with Crippen molar-refractivity contribution in [2.24, 2.45) is 0 Å². The molecule has 0 aliphatic carbocycles. The topological polar surface area (TPSA) is 59.1 Å². The van der Waals surface area contributed by atoms with Gasteiger partial charge < -0.3 is 19.3 Å². The van der Waals surface area contributed by atoms with Crippen LogP contribution < -0.4 is 9.47 Å². The number of carbonyl (C=O) groups is 2. The number of ether oxygens (including phenoxy) is 2. The maximum Gasteiger partial charge on any atom is 0.261 e. The molecule has 0 radical (unpaired) electrons. The highest BCUT2D eigenvalue weighted by atomic mass is 35.5. The molecule has 3 rings (SSSR count). The summed E-state index contributed by atoms with van der Waals surface area (Å²) in [5, 5.41) is 0.593. The second-order valence-corrected chi connectivity index (χ2v) is 6.92. The highest BCUT2D eigenvalue weighted by Crippen LogP contribution is 2.30. The zero-order valence-corrected chi connectivity index (χ0v) is 16.7. The Balaban J connectivity index is 1.74. The second-order valence-electron chi connectivity index (χ2n) is 6.48. The molecule has 28 heavy (non-hydrogen) atoms. The lowest BCUT2D eigenvalue weighted by atomic mass is 10.1. The van der Waals surface area contributed by atoms with Crippen molar-refractivity contribution >= 4 is 23.4 Å². The van der Waals surface area contributed by atoms with Gasteiger partial charge in [0.25, 0.3) is 11.8 Å². The molecule has 0 N–H and O–H groups in total. The van der Waals surface area contributed by atoms with Crippen LogP contribution in [0, 0.1) is 0 Å². The van der Waals surface area contributed by atoms with Crippen LogP contribution in [0.3, 0.4) is 0 Å². The van der Waals surface area contributed by atoms with E-state index in [-0.39, 0.29) is 11.8 Å². The fraction of sp³-hybridized carbons (Fsp3) is 0.333. The van der Waals surface area contributed by atoms with Gasteiger partial charge in [0.2, 0.25) is 0 Å². The molecule has 1 aliphatic rings. The maximum atomic E-state index is 13.1. The smallest absolute Gasteiger partial charge is 0.261 e. The average molecular weight is 403 g/mol. The van der Waals surface area contributed by atoms with E-state index in [1.165, 1.54) is 14.2 Å². The van der Waals surface area contributed by atoms with Crippen molar-refractivity contribution in [3.63, 3.8) is 0 Å². The molecular formula is C21H23ClN2O4. The van der Waals surface area contributed by atoms with E-state index in [1.54, 1.807) is 52.3 Å². The molecule has 7 heteroatoms. The number of amides is 2. The number of hydrogen-bond donors (Lipinski definition) is 0. The van der Waals surface area contributed by atoms with Crippen molar-refractivity contribution in [1.29, 1.82) is 0 Å². The second kappa shape index (κ2) is 8.97. The number of rotatable bonds is 4. The summed E-state index contributed by atoms with van der Waals surface area (Å²) in [6.45, 7) is 2.06. The Bertz CT molecular complexity index is 832. The zero-order valence-electron chi connectivity index (χ0n) is 16.0. The van der Waals surface area contributed by atoms with Crippen LogP contribution in [-0.2, 0) is 0 Å². The quantitative estimate of drug-likeness (QED) is 0.787. The largest absolute Gasteiger partial charge is 0.496 e. The van der Waals surface area contributed by atoms with Crippen molar-refractivity contribution in [1.82, 2.24) is 9.80 Å². The van der Waals surface area contributed by atoms with Crippen LogP contribution in [0.15, 0.2) is 42.5 Å². The van der Waals surface area contributed by atoms with Gasteiger partial charge in [0.1, 0.15) is 17.1 Å². The minimum absolute atomic E-state index is 0.0548. The number of carbonyl (C=O) groups excluding carboxylic acids is 2. The molecule has 0 spiro atoms. The lowest BCUT2D eigenvalue weighted by molar-refractivity contribution is 0.0715. The van der Waals surface area contributed by atoms with Crippen molar-refractivity contribution in [2.75, 3.05) is 40.4 Å². The summed E-state index contributed by atoms with van der Waals surface area (Å²) in [6.07, 6.45) is 0.697. The maximum absolute atomic E-state index is 13.1. The lowest BCUT2D eigenvalue weighted by Crippen LogP contribution is -2.37. The number of halogens is 1. The summed E-state index contributed by atoms with van der Waals surface area (Å²) in [4.78, 5) is 29.4. The third kappa shape index (κ3) is 4.22. The Hall–Kier alpha value is -2.73. The number of methoxy groups -OCH3 is 2. The Kier molecular flexibility index (Phi) is 6.41. The van der Waals surface area contributed by atoms with Gasteiger partial charge in [0.05, 0.1) is 14.2 Å². The van der Waals surface area contributed by atoms with Gasteiger partial charge in [-0.3, -0.25) is 9.59 Å². The van der Waals surface area contributed by atoms with E-state index < -0.39 is 0 Å². The van der Waals surface area contributed by atoms with Crippen molar-refractivity contribution < 1.29 is 19.1 Å². The summed E-state index contributed by atoms with van der Waals surface area (Å²) in [6, 6.07) is 12.1. The first-order valence-corrected chi connectivity index (χ1v) is 9.48. The average Bonchev–Trinajstić information content (AvgIpc) is 2.99. The minimum Gasteiger partial charge on any atom is -0.496 e. The minimum atomic E-state index is -0.157. The van der Waals surface area contributed by atoms with E-state index in [0.29, 0.717) is 60.2 Å². The van der Waals surface area contributed by atoms with Gasteiger partial charge in [-0.1, -0.05) is 17.7 Å². The first kappa shape index (κ1) is 20.0. The lowest BCUT2D eigenvalue weighted by Gasteiger charge is -2.23. The molecule has 1 heterocycles. The Labute approximate surface area is 169 Å². The molecule has 0 atom stereocenters. The molecule has 0 saturated carbocycles. The Morgan fingerprint density at radius 2 is 1.36 bits per heavy atom. The van der Waals surface area contributed by atoms with Crippen LogP contribution in [0.4, 0.5) is 0 Å². The molecule has 6 nitrogen and oxygen atoms in total. The molecule has 148 valence electrons. The fourth-order valence-electron chi connectivity index (χ4n) is 3.32. The monoisotopic (exact) mass is 402 g/mol. The van der Waals surface area contributed by atoms with Gasteiger partial charge >= 0.3 is 0 Å². The molecular weight excluding hydrogens is 380 g/mol. The molecule has 1 aliphatic heterocycles. The van der Waals surface area contributed by atoms with E-state index in [0.717, 1.165) is 0 Å². The van der Waals surface area contributed by atoms with E-state index in [1.807, 2.05) is 0 Å². The van der Waals surface area contributed by atoms with E-state index in [2.05, 4.69) is 0 Å². The summed E-state index contributed by atoms with van der Waals surface area (Å²) in [5.41, 5.74) is 1.00. The molecule has 2 aromatic carbocycles. The van der Waals surface area contributed by atoms with Gasteiger partial charge in [0.15, 0.2) is 0 Å². The fourth-order valence-corrected chi connectivity index (χ4v) is 3.44. The van der Waals surface area contributed by atoms with Gasteiger partial charge in [0, 0.05) is 36.8 Å². The van der Waals surface area contributed by atoms with Gasteiger partial charge in [-0.15, -0.1) is 0 Å². The van der Waals surface area contributed by atoms with E-state index >= 15 is 0 Å². The Morgan fingerprint density at radius 1 is 0.821 bits per heavy atom. The summed E-state index contributed by atoms with van der Waals surface area (Å²) < 4.78 is 10.7. The standard InChI is InChI=1S/C21H23ClN2O4/c1-27-17-5-3-6-18(28-2)19(17)21(26)24-12-4-11-23(13-14-24)20(25)15-7-9-16(22)10-8-15/h3,5-10H,4,11-14H2,1-2H3. The summed E-state index contributed by atoms with van der Waals surface area (Å²) >= 11 is 5.90. The highest BCUT2D eigenvalue weighted by molar-refractivity contribution is 6.30. The van der Waals surface area contributed by atoms with E-state index in [4.69, 9.17) is 21.1 Å². The van der Waals surface area contributed by atoms with Gasteiger partial charge in [-0.05, 0) is 42.8 Å². The van der Waals surface area contributed by atoms with Crippen LogP contribution in [-0.4, -0.2) is 62.0 Å². The third-order valence-electron chi connectivity index (χ3n) is 4.80. The zero-order chi connectivity index (χ0) is 20.1. The number of nitrogens with zero attached hydrogens (tertiary/aromatic N) is 2. The van der Waals surface area contributed by atoms with Crippen molar-refractivity contribution in [3.05, 3.63) is 58.6 Å². The van der Waals surface area contributed by atoms with Crippen molar-refractivity contribution in [3.8, 4) is 11.5 Å². The highest BCUT2D eigenvalue weighted by Gasteiger charge is 2.27. The predicted octanol–water partition coefficient (Wildman–Crippen LogP) is 3.35. The molecule has 2 aromatic rings. The summed E-state index contributed by atoms with van der Waals surface area (Å²) in [7, 11) is 3.06. The van der Waals surface area contributed by atoms with E-state index in [9.17, 15) is 9.59 Å². The van der Waals surface area contributed by atoms with Crippen LogP contribution in [0.2, 0.25) is 5.02 Å². The number of hydrogen-bond acceptors (Lipinski definition) is 4. The normalized spacial score (nSPS) is 14.4. The van der Waals surface area contributed by atoms with Gasteiger partial charge in [-0.2, -0.15) is 0 Å². The molecule has 2 amide bonds. The first-order chi connectivity index (χ1) is 13.5. The third-order valence-corrected chi connectivity index (χ3v) is 5.06. The molecule has 0 bridgehead atoms. The first-order valence-electron chi connectivity index (χ1n) is 9.10. The Morgan fingerprint density at radius 3 is 1.89 bits per heavy atom. The van der Waals surface area contributed by atoms with Crippen LogP contribution in [0.5, 0.6) is 11.5 Å². The predicted molar refractivity (Wildman–Crippen MR) is 107 cm³/mol. The van der Waals surface area contributed by atoms with Crippen LogP contribution in [0.1, 0.15) is 27.1 Å². The summed E-state index contributed by atoms with van der Waals surface area (Å²) in [5.74, 6) is 0.737. The molecule has 0 aromatic heterocycles. The molecule has 1 fully saturated rings. The van der Waals surface area contributed by atoms with Crippen LogP contribution >= 0.6 is 11.6 Å².